The molecule has 4 nitrogen and oxygen atoms in total. The van der Waals surface area contributed by atoms with Crippen molar-refractivity contribution in [3.63, 3.8) is 0 Å². The third-order valence-corrected chi connectivity index (χ3v) is 2.71. The Labute approximate surface area is 95.2 Å². The number of ether oxygens (including phenoxy) is 1. The molecular weight excluding hydrogens is 204 g/mol. The van der Waals surface area contributed by atoms with Gasteiger partial charge in [0, 0.05) is 25.9 Å². The van der Waals surface area contributed by atoms with Gasteiger partial charge in [0.15, 0.2) is 0 Å². The lowest BCUT2D eigenvalue weighted by molar-refractivity contribution is 0.197. The Morgan fingerprint density at radius 1 is 1.50 bits per heavy atom. The number of nitrogens with zero attached hydrogens (tertiary/aromatic N) is 1. The van der Waals surface area contributed by atoms with Gasteiger partial charge in [0.05, 0.1) is 6.61 Å². The Bertz CT molecular complexity index is 379. The predicted octanol–water partition coefficient (Wildman–Crippen LogP) is 1.41. The maximum Gasteiger partial charge on any atom is 0.321 e. The maximum atomic E-state index is 11.8. The SMILES string of the molecule is COCCNC(=O)N1CCc2ccccc21. The summed E-state index contributed by atoms with van der Waals surface area (Å²) in [4.78, 5) is 13.6. The minimum absolute atomic E-state index is 0.0398. The second-order valence-electron chi connectivity index (χ2n) is 3.76. The number of amides is 2. The minimum Gasteiger partial charge on any atom is -0.383 e. The molecule has 2 amide bonds. The Hall–Kier alpha value is -1.55. The molecule has 0 aromatic heterocycles. The number of benzene rings is 1. The van der Waals surface area contributed by atoms with E-state index >= 15 is 0 Å². The van der Waals surface area contributed by atoms with Crippen LogP contribution < -0.4 is 10.2 Å². The summed E-state index contributed by atoms with van der Waals surface area (Å²) in [6.45, 7) is 1.85. The standard InChI is InChI=1S/C12H16N2O2/c1-16-9-7-13-12(15)14-8-6-10-4-2-3-5-11(10)14/h2-5H,6-9H2,1H3,(H,13,15). The second-order valence-corrected chi connectivity index (χ2v) is 3.76. The average Bonchev–Trinajstić information content (AvgIpc) is 2.73. The van der Waals surface area contributed by atoms with Crippen molar-refractivity contribution < 1.29 is 9.53 Å². The molecule has 2 rings (SSSR count). The maximum absolute atomic E-state index is 11.8. The molecule has 4 heteroatoms. The molecule has 0 saturated carbocycles. The van der Waals surface area contributed by atoms with E-state index in [4.69, 9.17) is 4.74 Å². The number of carbonyl (C=O) groups is 1. The van der Waals surface area contributed by atoms with E-state index in [2.05, 4.69) is 11.4 Å². The van der Waals surface area contributed by atoms with Gasteiger partial charge >= 0.3 is 6.03 Å². The van der Waals surface area contributed by atoms with Gasteiger partial charge in [0.25, 0.3) is 0 Å². The Kier molecular flexibility index (Phi) is 3.41. The molecule has 1 aromatic carbocycles. The Morgan fingerprint density at radius 2 is 2.31 bits per heavy atom. The molecule has 0 spiro atoms. The first-order valence-corrected chi connectivity index (χ1v) is 5.45. The quantitative estimate of drug-likeness (QED) is 0.782. The van der Waals surface area contributed by atoms with E-state index in [0.29, 0.717) is 13.2 Å². The molecule has 1 aromatic rings. The van der Waals surface area contributed by atoms with Crippen LogP contribution in [0.2, 0.25) is 0 Å². The predicted molar refractivity (Wildman–Crippen MR) is 62.8 cm³/mol. The van der Waals surface area contributed by atoms with Gasteiger partial charge < -0.3 is 10.1 Å². The second kappa shape index (κ2) is 4.99. The number of nitrogens with one attached hydrogen (secondary N) is 1. The molecule has 0 fully saturated rings. The highest BCUT2D eigenvalue weighted by Crippen LogP contribution is 2.26. The molecule has 16 heavy (non-hydrogen) atoms. The van der Waals surface area contributed by atoms with Crippen LogP contribution in [-0.4, -0.2) is 32.8 Å². The van der Waals surface area contributed by atoms with Crippen LogP contribution >= 0.6 is 0 Å². The summed E-state index contributed by atoms with van der Waals surface area (Å²) in [5.74, 6) is 0. The van der Waals surface area contributed by atoms with Gasteiger partial charge in [-0.05, 0) is 18.1 Å². The van der Waals surface area contributed by atoms with Gasteiger partial charge in [-0.2, -0.15) is 0 Å². The van der Waals surface area contributed by atoms with Crippen LogP contribution in [0.5, 0.6) is 0 Å². The number of fused-ring (bicyclic) bond motifs is 1. The zero-order chi connectivity index (χ0) is 11.4. The third kappa shape index (κ3) is 2.17. The lowest BCUT2D eigenvalue weighted by Crippen LogP contribution is -2.40. The fraction of sp³-hybridized carbons (Fsp3) is 0.417. The van der Waals surface area contributed by atoms with Crippen molar-refractivity contribution in [2.75, 3.05) is 31.7 Å². The molecule has 1 aliphatic heterocycles. The molecule has 1 N–H and O–H groups in total. The number of hydrogen-bond acceptors (Lipinski definition) is 2. The van der Waals surface area contributed by atoms with Crippen molar-refractivity contribution in [1.82, 2.24) is 5.32 Å². The molecule has 0 atom stereocenters. The molecule has 86 valence electrons. The van der Waals surface area contributed by atoms with Crippen molar-refractivity contribution >= 4 is 11.7 Å². The summed E-state index contributed by atoms with van der Waals surface area (Å²) in [6, 6.07) is 7.97. The highest BCUT2D eigenvalue weighted by molar-refractivity contribution is 5.94. The molecule has 0 radical (unpaired) electrons. The largest absolute Gasteiger partial charge is 0.383 e. The molecule has 0 unspecified atom stereocenters. The van der Waals surface area contributed by atoms with E-state index in [-0.39, 0.29) is 6.03 Å². The van der Waals surface area contributed by atoms with Crippen LogP contribution in [0.25, 0.3) is 0 Å². The number of anilines is 1. The molecule has 0 saturated heterocycles. The van der Waals surface area contributed by atoms with Gasteiger partial charge in [-0.1, -0.05) is 18.2 Å². The smallest absolute Gasteiger partial charge is 0.321 e. The van der Waals surface area contributed by atoms with Crippen LogP contribution in [0, 0.1) is 0 Å². The zero-order valence-electron chi connectivity index (χ0n) is 9.40. The van der Waals surface area contributed by atoms with Crippen molar-refractivity contribution in [3.8, 4) is 0 Å². The number of urea groups is 1. The van der Waals surface area contributed by atoms with Crippen molar-refractivity contribution in [1.29, 1.82) is 0 Å². The summed E-state index contributed by atoms with van der Waals surface area (Å²) in [6.07, 6.45) is 0.938. The van der Waals surface area contributed by atoms with Crippen molar-refractivity contribution in [2.24, 2.45) is 0 Å². The van der Waals surface area contributed by atoms with Crippen LogP contribution in [0.15, 0.2) is 24.3 Å². The summed E-state index contributed by atoms with van der Waals surface area (Å²) < 4.78 is 4.89. The highest BCUT2D eigenvalue weighted by atomic mass is 16.5. The van der Waals surface area contributed by atoms with E-state index in [1.54, 1.807) is 12.0 Å². The van der Waals surface area contributed by atoms with Crippen LogP contribution in [0.4, 0.5) is 10.5 Å². The first-order valence-electron chi connectivity index (χ1n) is 5.45. The number of rotatable bonds is 3. The highest BCUT2D eigenvalue weighted by Gasteiger charge is 2.23. The fourth-order valence-corrected chi connectivity index (χ4v) is 1.90. The van der Waals surface area contributed by atoms with Gasteiger partial charge in [-0.25, -0.2) is 4.79 Å². The van der Waals surface area contributed by atoms with Crippen LogP contribution in [0.3, 0.4) is 0 Å². The van der Waals surface area contributed by atoms with Crippen LogP contribution in [-0.2, 0) is 11.2 Å². The van der Waals surface area contributed by atoms with E-state index in [9.17, 15) is 4.79 Å². The normalized spacial score (nSPS) is 13.7. The number of hydrogen-bond donors (Lipinski definition) is 1. The van der Waals surface area contributed by atoms with Gasteiger partial charge in [0.1, 0.15) is 0 Å². The van der Waals surface area contributed by atoms with E-state index in [0.717, 1.165) is 18.7 Å². The minimum atomic E-state index is -0.0398. The Balaban J connectivity index is 1.99. The fourth-order valence-electron chi connectivity index (χ4n) is 1.90. The van der Waals surface area contributed by atoms with Crippen molar-refractivity contribution in [3.05, 3.63) is 29.8 Å². The molecule has 0 bridgehead atoms. The lowest BCUT2D eigenvalue weighted by Gasteiger charge is -2.17. The summed E-state index contributed by atoms with van der Waals surface area (Å²) >= 11 is 0. The van der Waals surface area contributed by atoms with Crippen LogP contribution in [0.1, 0.15) is 5.56 Å². The third-order valence-electron chi connectivity index (χ3n) is 2.71. The summed E-state index contributed by atoms with van der Waals surface area (Å²) in [5, 5.41) is 2.83. The topological polar surface area (TPSA) is 41.6 Å². The number of methoxy groups -OCH3 is 1. The molecular formula is C12H16N2O2. The zero-order valence-corrected chi connectivity index (χ0v) is 9.40. The monoisotopic (exact) mass is 220 g/mol. The Morgan fingerprint density at radius 3 is 3.12 bits per heavy atom. The first-order chi connectivity index (χ1) is 7.83. The van der Waals surface area contributed by atoms with Crippen molar-refractivity contribution in [2.45, 2.75) is 6.42 Å². The van der Waals surface area contributed by atoms with E-state index < -0.39 is 0 Å². The molecule has 1 aliphatic rings. The van der Waals surface area contributed by atoms with E-state index in [1.807, 2.05) is 18.2 Å². The molecule has 1 heterocycles. The van der Waals surface area contributed by atoms with E-state index in [1.165, 1.54) is 5.56 Å². The number of carbonyl (C=O) groups excluding carboxylic acids is 1. The van der Waals surface area contributed by atoms with Gasteiger partial charge in [-0.3, -0.25) is 4.90 Å². The number of para-hydroxylation sites is 1. The average molecular weight is 220 g/mol. The van der Waals surface area contributed by atoms with Gasteiger partial charge in [-0.15, -0.1) is 0 Å². The summed E-state index contributed by atoms with van der Waals surface area (Å²) in [5.41, 5.74) is 2.27. The van der Waals surface area contributed by atoms with Gasteiger partial charge in [0.2, 0.25) is 0 Å². The first kappa shape index (κ1) is 11.0. The lowest BCUT2D eigenvalue weighted by atomic mass is 10.2. The molecule has 0 aliphatic carbocycles. The summed E-state index contributed by atoms with van der Waals surface area (Å²) in [7, 11) is 1.62.